The number of sulfonamides is 1. The van der Waals surface area contributed by atoms with Gasteiger partial charge in [0.15, 0.2) is 0 Å². The molecule has 10 heteroatoms. The monoisotopic (exact) mass is 414 g/mol. The average Bonchev–Trinajstić information content (AvgIpc) is 3.16. The number of carbonyl (C=O) groups excluding carboxylic acids is 1. The number of pyridine rings is 1. The number of carbonyl (C=O) groups is 1. The van der Waals surface area contributed by atoms with Crippen molar-refractivity contribution in [3.05, 3.63) is 48.3 Å². The Morgan fingerprint density at radius 2 is 1.93 bits per heavy atom. The van der Waals surface area contributed by atoms with Gasteiger partial charge in [-0.25, -0.2) is 13.4 Å². The van der Waals surface area contributed by atoms with Crippen molar-refractivity contribution in [3.63, 3.8) is 0 Å². The minimum atomic E-state index is -3.15. The van der Waals surface area contributed by atoms with Gasteiger partial charge in [0.25, 0.3) is 0 Å². The van der Waals surface area contributed by atoms with Crippen LogP contribution in [0, 0.1) is 0 Å². The van der Waals surface area contributed by atoms with Crippen LogP contribution >= 0.6 is 0 Å². The fourth-order valence-corrected chi connectivity index (χ4v) is 4.21. The summed E-state index contributed by atoms with van der Waals surface area (Å²) in [6.45, 7) is 2.06. The molecule has 2 aromatic heterocycles. The Bertz CT molecular complexity index is 1120. The zero-order valence-corrected chi connectivity index (χ0v) is 16.8. The molecule has 3 heterocycles. The first-order valence-corrected chi connectivity index (χ1v) is 11.1. The van der Waals surface area contributed by atoms with Crippen LogP contribution < -0.4 is 10.2 Å². The van der Waals surface area contributed by atoms with Gasteiger partial charge in [-0.2, -0.15) is 9.40 Å². The molecule has 0 saturated carbocycles. The van der Waals surface area contributed by atoms with Crippen LogP contribution in [0.1, 0.15) is 5.56 Å². The number of H-pyrrole nitrogens is 1. The normalized spacial score (nSPS) is 15.6. The van der Waals surface area contributed by atoms with Crippen molar-refractivity contribution < 1.29 is 13.2 Å². The standard InChI is InChI=1S/C19H22N6O3S/c1-29(27,28)25-8-6-24(7-9-25)18-5-4-16(13-20-18)22-19(26)11-14-2-3-15-12-21-23-17(15)10-14/h2-5,10,12-13H,6-9,11H2,1H3,(H,21,23)(H,22,26). The summed E-state index contributed by atoms with van der Waals surface area (Å²) in [7, 11) is -3.15. The number of hydrogen-bond donors (Lipinski definition) is 2. The second-order valence-corrected chi connectivity index (χ2v) is 9.05. The van der Waals surface area contributed by atoms with Crippen molar-refractivity contribution in [2.45, 2.75) is 6.42 Å². The van der Waals surface area contributed by atoms with Gasteiger partial charge in [0, 0.05) is 31.6 Å². The van der Waals surface area contributed by atoms with Crippen LogP contribution in [0.3, 0.4) is 0 Å². The van der Waals surface area contributed by atoms with E-state index in [2.05, 4.69) is 20.5 Å². The number of anilines is 2. The van der Waals surface area contributed by atoms with Crippen LogP contribution in [0.15, 0.2) is 42.7 Å². The molecule has 9 nitrogen and oxygen atoms in total. The molecule has 1 amide bonds. The summed E-state index contributed by atoms with van der Waals surface area (Å²) in [4.78, 5) is 18.8. The van der Waals surface area contributed by atoms with Crippen LogP contribution in [0.2, 0.25) is 0 Å². The molecule has 0 spiro atoms. The number of piperazine rings is 1. The fraction of sp³-hybridized carbons (Fsp3) is 0.316. The first kappa shape index (κ1) is 19.3. The van der Waals surface area contributed by atoms with Gasteiger partial charge in [-0.05, 0) is 23.8 Å². The number of aromatic nitrogens is 3. The Morgan fingerprint density at radius 1 is 1.14 bits per heavy atom. The smallest absolute Gasteiger partial charge is 0.228 e. The number of hydrogen-bond acceptors (Lipinski definition) is 6. The number of amides is 1. The molecule has 0 radical (unpaired) electrons. The highest BCUT2D eigenvalue weighted by molar-refractivity contribution is 7.88. The van der Waals surface area contributed by atoms with E-state index in [4.69, 9.17) is 0 Å². The maximum Gasteiger partial charge on any atom is 0.228 e. The van der Waals surface area contributed by atoms with E-state index < -0.39 is 10.0 Å². The molecule has 1 aromatic carbocycles. The average molecular weight is 414 g/mol. The van der Waals surface area contributed by atoms with Crippen LogP contribution in [0.4, 0.5) is 11.5 Å². The third-order valence-corrected chi connectivity index (χ3v) is 6.24. The topological polar surface area (TPSA) is 111 Å². The lowest BCUT2D eigenvalue weighted by atomic mass is 10.1. The number of rotatable bonds is 5. The Kier molecular flexibility index (Phi) is 5.20. The first-order valence-electron chi connectivity index (χ1n) is 9.26. The van der Waals surface area contributed by atoms with Crippen molar-refractivity contribution in [2.75, 3.05) is 42.7 Å². The molecule has 0 aliphatic carbocycles. The summed E-state index contributed by atoms with van der Waals surface area (Å²) in [5.41, 5.74) is 2.42. The van der Waals surface area contributed by atoms with Gasteiger partial charge < -0.3 is 10.2 Å². The number of nitrogens with zero attached hydrogens (tertiary/aromatic N) is 4. The van der Waals surface area contributed by atoms with E-state index in [0.29, 0.717) is 31.9 Å². The lowest BCUT2D eigenvalue weighted by Gasteiger charge is -2.33. The summed E-state index contributed by atoms with van der Waals surface area (Å²) < 4.78 is 24.7. The molecule has 0 atom stereocenters. The lowest BCUT2D eigenvalue weighted by Crippen LogP contribution is -2.48. The molecule has 2 N–H and O–H groups in total. The van der Waals surface area contributed by atoms with Gasteiger partial charge in [0.05, 0.1) is 36.3 Å². The minimum Gasteiger partial charge on any atom is -0.354 e. The molecule has 4 rings (SSSR count). The minimum absolute atomic E-state index is 0.125. The van der Waals surface area contributed by atoms with E-state index in [1.54, 1.807) is 18.5 Å². The largest absolute Gasteiger partial charge is 0.354 e. The highest BCUT2D eigenvalue weighted by atomic mass is 32.2. The van der Waals surface area contributed by atoms with Crippen molar-refractivity contribution in [2.24, 2.45) is 0 Å². The van der Waals surface area contributed by atoms with Gasteiger partial charge >= 0.3 is 0 Å². The molecule has 29 heavy (non-hydrogen) atoms. The Balaban J connectivity index is 1.34. The number of aromatic amines is 1. The predicted molar refractivity (Wildman–Crippen MR) is 111 cm³/mol. The zero-order chi connectivity index (χ0) is 20.4. The van der Waals surface area contributed by atoms with Gasteiger partial charge in [-0.15, -0.1) is 0 Å². The second-order valence-electron chi connectivity index (χ2n) is 7.07. The molecule has 1 aliphatic rings. The van der Waals surface area contributed by atoms with E-state index >= 15 is 0 Å². The quantitative estimate of drug-likeness (QED) is 0.649. The summed E-state index contributed by atoms with van der Waals surface area (Å²) >= 11 is 0. The maximum absolute atomic E-state index is 12.3. The summed E-state index contributed by atoms with van der Waals surface area (Å²) in [5, 5.41) is 10.7. The Hall–Kier alpha value is -2.98. The second kappa shape index (κ2) is 7.80. The van der Waals surface area contributed by atoms with Gasteiger partial charge in [-0.1, -0.05) is 12.1 Å². The van der Waals surface area contributed by atoms with E-state index in [-0.39, 0.29) is 12.3 Å². The SMILES string of the molecule is CS(=O)(=O)N1CCN(c2ccc(NC(=O)Cc3ccc4cn[nH]c4c3)cn2)CC1. The van der Waals surface area contributed by atoms with Crippen LogP contribution in [0.5, 0.6) is 0 Å². The summed E-state index contributed by atoms with van der Waals surface area (Å²) in [5.74, 6) is 0.640. The predicted octanol–water partition coefficient (Wildman–Crippen LogP) is 1.22. The molecule has 0 unspecified atom stereocenters. The fourth-order valence-electron chi connectivity index (χ4n) is 3.38. The molecule has 1 saturated heterocycles. The molecular formula is C19H22N6O3S. The molecule has 3 aromatic rings. The van der Waals surface area contributed by atoms with Crippen molar-refractivity contribution in [3.8, 4) is 0 Å². The first-order chi connectivity index (χ1) is 13.9. The van der Waals surface area contributed by atoms with Gasteiger partial charge in [-0.3, -0.25) is 9.89 Å². The zero-order valence-electron chi connectivity index (χ0n) is 16.0. The van der Waals surface area contributed by atoms with Crippen molar-refractivity contribution in [1.29, 1.82) is 0 Å². The van der Waals surface area contributed by atoms with E-state index in [9.17, 15) is 13.2 Å². The number of benzene rings is 1. The van der Waals surface area contributed by atoms with E-state index in [1.807, 2.05) is 29.2 Å². The summed E-state index contributed by atoms with van der Waals surface area (Å²) in [6, 6.07) is 9.40. The number of fused-ring (bicyclic) bond motifs is 1. The highest BCUT2D eigenvalue weighted by Crippen LogP contribution is 2.18. The number of nitrogens with one attached hydrogen (secondary N) is 2. The Morgan fingerprint density at radius 3 is 2.62 bits per heavy atom. The van der Waals surface area contributed by atoms with E-state index in [0.717, 1.165) is 22.3 Å². The van der Waals surface area contributed by atoms with Crippen LogP contribution in [0.25, 0.3) is 10.9 Å². The highest BCUT2D eigenvalue weighted by Gasteiger charge is 2.23. The third-order valence-electron chi connectivity index (χ3n) is 4.93. The Labute approximate surface area is 168 Å². The van der Waals surface area contributed by atoms with Crippen molar-refractivity contribution in [1.82, 2.24) is 19.5 Å². The molecule has 0 bridgehead atoms. The lowest BCUT2D eigenvalue weighted by molar-refractivity contribution is -0.115. The van der Waals surface area contributed by atoms with Gasteiger partial charge in [0.2, 0.25) is 15.9 Å². The molecule has 152 valence electrons. The summed E-state index contributed by atoms with van der Waals surface area (Å²) in [6.07, 6.45) is 4.84. The molecular weight excluding hydrogens is 392 g/mol. The molecule has 1 aliphatic heterocycles. The molecule has 1 fully saturated rings. The van der Waals surface area contributed by atoms with Crippen LogP contribution in [-0.2, 0) is 21.2 Å². The maximum atomic E-state index is 12.3. The third kappa shape index (κ3) is 4.54. The van der Waals surface area contributed by atoms with E-state index in [1.165, 1.54) is 10.6 Å². The van der Waals surface area contributed by atoms with Crippen molar-refractivity contribution >= 4 is 38.3 Å². The van der Waals surface area contributed by atoms with Gasteiger partial charge in [0.1, 0.15) is 5.82 Å². The van der Waals surface area contributed by atoms with Crippen LogP contribution in [-0.4, -0.2) is 66.2 Å².